The third-order valence-corrected chi connectivity index (χ3v) is 3.42. The van der Waals surface area contributed by atoms with E-state index in [4.69, 9.17) is 18.9 Å². The Morgan fingerprint density at radius 3 is 1.88 bits per heavy atom. The lowest BCUT2D eigenvalue weighted by Crippen LogP contribution is -2.33. The summed E-state index contributed by atoms with van der Waals surface area (Å²) in [6.07, 6.45) is 1.52. The van der Waals surface area contributed by atoms with Crippen molar-refractivity contribution in [3.05, 3.63) is 0 Å². The molecule has 1 heterocycles. The number of imide groups is 1. The molecule has 1 saturated heterocycles. The summed E-state index contributed by atoms with van der Waals surface area (Å²) in [6.45, 7) is 5.49. The molecule has 0 N–H and O–H groups in total. The van der Waals surface area contributed by atoms with Gasteiger partial charge in [-0.3, -0.25) is 14.5 Å². The molecule has 138 valence electrons. The van der Waals surface area contributed by atoms with Gasteiger partial charge in [0.25, 0.3) is 0 Å². The van der Waals surface area contributed by atoms with Crippen LogP contribution in [0.1, 0.15) is 19.8 Å². The van der Waals surface area contributed by atoms with Crippen molar-refractivity contribution in [2.24, 2.45) is 5.92 Å². The van der Waals surface area contributed by atoms with E-state index in [1.165, 1.54) is 4.90 Å². The van der Waals surface area contributed by atoms with Crippen molar-refractivity contribution in [3.8, 4) is 0 Å². The summed E-state index contributed by atoms with van der Waals surface area (Å²) < 4.78 is 21.1. The smallest absolute Gasteiger partial charge is 0.232 e. The molecule has 1 fully saturated rings. The molecule has 0 aliphatic carbocycles. The van der Waals surface area contributed by atoms with Crippen molar-refractivity contribution in [1.29, 1.82) is 0 Å². The fraction of sp³-hybridized carbons (Fsp3) is 0.812. The highest BCUT2D eigenvalue weighted by molar-refractivity contribution is 6.03. The molecule has 0 bridgehead atoms. The zero-order chi connectivity index (χ0) is 17.6. The number of carbonyl (C=O) groups excluding carboxylic acids is 3. The van der Waals surface area contributed by atoms with Gasteiger partial charge in [0.2, 0.25) is 11.8 Å². The van der Waals surface area contributed by atoms with E-state index in [0.29, 0.717) is 72.2 Å². The Kier molecular flexibility index (Phi) is 11.2. The molecule has 0 spiro atoms. The number of nitrogens with zero attached hydrogens (tertiary/aromatic N) is 1. The Morgan fingerprint density at radius 1 is 0.917 bits per heavy atom. The Labute approximate surface area is 142 Å². The quantitative estimate of drug-likeness (QED) is 0.235. The van der Waals surface area contributed by atoms with Crippen LogP contribution in [-0.2, 0) is 33.3 Å². The summed E-state index contributed by atoms with van der Waals surface area (Å²) in [4.78, 5) is 34.5. The molecule has 1 rings (SSSR count). The minimum Gasteiger partial charge on any atom is -0.379 e. The molecular formula is C16H27NO7. The van der Waals surface area contributed by atoms with Crippen LogP contribution >= 0.6 is 0 Å². The Morgan fingerprint density at radius 2 is 1.42 bits per heavy atom. The number of rotatable bonds is 15. The van der Waals surface area contributed by atoms with E-state index in [2.05, 4.69) is 0 Å². The fourth-order valence-electron chi connectivity index (χ4n) is 2.13. The predicted octanol–water partition coefficient (Wildman–Crippen LogP) is 0.0368. The molecule has 1 atom stereocenters. The lowest BCUT2D eigenvalue weighted by molar-refractivity contribution is -0.140. The van der Waals surface area contributed by atoms with Crippen molar-refractivity contribution in [3.63, 3.8) is 0 Å². The van der Waals surface area contributed by atoms with Crippen molar-refractivity contribution in [1.82, 2.24) is 4.90 Å². The molecule has 0 radical (unpaired) electrons. The first-order valence-corrected chi connectivity index (χ1v) is 8.25. The van der Waals surface area contributed by atoms with Gasteiger partial charge < -0.3 is 23.7 Å². The molecule has 0 aromatic rings. The summed E-state index contributed by atoms with van der Waals surface area (Å²) in [6, 6.07) is 0. The first-order chi connectivity index (χ1) is 11.7. The highest BCUT2D eigenvalue weighted by Crippen LogP contribution is 2.17. The van der Waals surface area contributed by atoms with Crippen LogP contribution in [0.2, 0.25) is 0 Å². The Balaban J connectivity index is 1.82. The second-order valence-electron chi connectivity index (χ2n) is 5.39. The van der Waals surface area contributed by atoms with E-state index >= 15 is 0 Å². The lowest BCUT2D eigenvalue weighted by atomic mass is 10.1. The molecular weight excluding hydrogens is 318 g/mol. The maximum Gasteiger partial charge on any atom is 0.232 e. The average molecular weight is 345 g/mol. The van der Waals surface area contributed by atoms with Crippen LogP contribution in [0, 0.1) is 5.92 Å². The van der Waals surface area contributed by atoms with Crippen LogP contribution in [0.4, 0.5) is 0 Å². The number of likely N-dealkylation sites (tertiary alicyclic amines) is 1. The van der Waals surface area contributed by atoms with Gasteiger partial charge in [-0.15, -0.1) is 0 Å². The SMILES string of the molecule is CC1CC(=O)N(CCOCCOCCOCCOCCC=O)C1=O. The van der Waals surface area contributed by atoms with E-state index in [9.17, 15) is 14.4 Å². The van der Waals surface area contributed by atoms with Crippen LogP contribution in [0.15, 0.2) is 0 Å². The molecule has 1 unspecified atom stereocenters. The number of hydrogen-bond acceptors (Lipinski definition) is 7. The van der Waals surface area contributed by atoms with Gasteiger partial charge in [0.1, 0.15) is 6.29 Å². The standard InChI is InChI=1S/C16H27NO7/c1-14-13-15(19)17(16(14)20)3-6-22-8-10-24-12-11-23-9-7-21-5-2-4-18/h4,14H,2-3,5-13H2,1H3. The molecule has 8 nitrogen and oxygen atoms in total. The summed E-state index contributed by atoms with van der Waals surface area (Å²) in [5.74, 6) is -0.456. The average Bonchev–Trinajstić information content (AvgIpc) is 2.81. The van der Waals surface area contributed by atoms with Crippen LogP contribution in [0.3, 0.4) is 0 Å². The number of carbonyl (C=O) groups is 3. The van der Waals surface area contributed by atoms with Crippen molar-refractivity contribution in [2.75, 3.05) is 59.4 Å². The molecule has 1 aliphatic rings. The van der Waals surface area contributed by atoms with Gasteiger partial charge in [-0.25, -0.2) is 0 Å². The summed E-state index contributed by atoms with van der Waals surface area (Å²) in [5, 5.41) is 0. The topological polar surface area (TPSA) is 91.4 Å². The fourth-order valence-corrected chi connectivity index (χ4v) is 2.13. The maximum absolute atomic E-state index is 11.7. The van der Waals surface area contributed by atoms with Gasteiger partial charge in [0.15, 0.2) is 0 Å². The molecule has 24 heavy (non-hydrogen) atoms. The van der Waals surface area contributed by atoms with Crippen molar-refractivity contribution < 1.29 is 33.3 Å². The van der Waals surface area contributed by atoms with Crippen molar-refractivity contribution >= 4 is 18.1 Å². The Bertz CT molecular complexity index is 389. The third-order valence-electron chi connectivity index (χ3n) is 3.42. The van der Waals surface area contributed by atoms with Crippen LogP contribution in [-0.4, -0.2) is 82.4 Å². The zero-order valence-electron chi connectivity index (χ0n) is 14.2. The number of hydrogen-bond donors (Lipinski definition) is 0. The van der Waals surface area contributed by atoms with Gasteiger partial charge in [0.05, 0.1) is 59.4 Å². The highest BCUT2D eigenvalue weighted by Gasteiger charge is 2.34. The number of aldehydes is 1. The molecule has 0 saturated carbocycles. The summed E-state index contributed by atoms with van der Waals surface area (Å²) in [5.41, 5.74) is 0. The van der Waals surface area contributed by atoms with Gasteiger partial charge in [-0.2, -0.15) is 0 Å². The second-order valence-corrected chi connectivity index (χ2v) is 5.39. The van der Waals surface area contributed by atoms with E-state index in [-0.39, 0.29) is 17.7 Å². The molecule has 0 aromatic heterocycles. The summed E-state index contributed by atoms with van der Waals surface area (Å²) >= 11 is 0. The lowest BCUT2D eigenvalue weighted by Gasteiger charge is -2.14. The minimum atomic E-state index is -0.212. The van der Waals surface area contributed by atoms with Gasteiger partial charge in [-0.05, 0) is 0 Å². The second kappa shape index (κ2) is 13.0. The van der Waals surface area contributed by atoms with Crippen molar-refractivity contribution in [2.45, 2.75) is 19.8 Å². The van der Waals surface area contributed by atoms with E-state index in [1.807, 2.05) is 0 Å². The van der Waals surface area contributed by atoms with Gasteiger partial charge in [0, 0.05) is 18.8 Å². The largest absolute Gasteiger partial charge is 0.379 e. The normalized spacial score (nSPS) is 17.7. The molecule has 8 heteroatoms. The molecule has 2 amide bonds. The first kappa shape index (κ1) is 20.7. The molecule has 0 aromatic carbocycles. The van der Waals surface area contributed by atoms with Crippen LogP contribution < -0.4 is 0 Å². The molecule has 1 aliphatic heterocycles. The van der Waals surface area contributed by atoms with Gasteiger partial charge in [-0.1, -0.05) is 6.92 Å². The van der Waals surface area contributed by atoms with Crippen LogP contribution in [0.25, 0.3) is 0 Å². The first-order valence-electron chi connectivity index (χ1n) is 8.25. The zero-order valence-corrected chi connectivity index (χ0v) is 14.2. The van der Waals surface area contributed by atoms with E-state index < -0.39 is 0 Å². The maximum atomic E-state index is 11.7. The third kappa shape index (κ3) is 8.49. The highest BCUT2D eigenvalue weighted by atomic mass is 16.6. The minimum absolute atomic E-state index is 0.118. The van der Waals surface area contributed by atoms with Gasteiger partial charge >= 0.3 is 0 Å². The monoisotopic (exact) mass is 345 g/mol. The van der Waals surface area contributed by atoms with E-state index in [0.717, 1.165) is 6.29 Å². The summed E-state index contributed by atoms with van der Waals surface area (Å²) in [7, 11) is 0. The van der Waals surface area contributed by atoms with Crippen LogP contribution in [0.5, 0.6) is 0 Å². The number of ether oxygens (including phenoxy) is 4. The Hall–Kier alpha value is -1.35. The number of amides is 2. The predicted molar refractivity (Wildman–Crippen MR) is 84.5 cm³/mol. The van der Waals surface area contributed by atoms with E-state index in [1.54, 1.807) is 6.92 Å².